The van der Waals surface area contributed by atoms with E-state index in [0.29, 0.717) is 0 Å². The highest BCUT2D eigenvalue weighted by Gasteiger charge is 2.21. The Labute approximate surface area is 89.1 Å². The Morgan fingerprint density at radius 2 is 2.00 bits per heavy atom. The summed E-state index contributed by atoms with van der Waals surface area (Å²) in [6, 6.07) is 0. The van der Waals surface area contributed by atoms with Crippen molar-refractivity contribution in [1.29, 1.82) is 0 Å². The first kappa shape index (κ1) is 10.1. The van der Waals surface area contributed by atoms with E-state index in [1.54, 1.807) is 6.20 Å². The number of hydrogen-bond acceptors (Lipinski definition) is 3. The minimum atomic E-state index is 0.0254. The fourth-order valence-electron chi connectivity index (χ4n) is 1.66. The zero-order chi connectivity index (χ0) is 11.1. The molecule has 2 rings (SSSR count). The molecule has 80 valence electrons. The number of aromatic amines is 1. The van der Waals surface area contributed by atoms with Gasteiger partial charge in [-0.05, 0) is 6.42 Å². The molecular weight excluding hydrogens is 188 g/mol. The van der Waals surface area contributed by atoms with Crippen molar-refractivity contribution in [3.63, 3.8) is 0 Å². The number of H-pyrrole nitrogens is 1. The molecule has 2 aromatic heterocycles. The Morgan fingerprint density at radius 3 is 2.60 bits per heavy atom. The van der Waals surface area contributed by atoms with Crippen LogP contribution in [-0.4, -0.2) is 20.2 Å². The number of hydrogen-bond donors (Lipinski definition) is 1. The lowest BCUT2D eigenvalue weighted by atomic mass is 9.89. The van der Waals surface area contributed by atoms with Crippen molar-refractivity contribution in [2.45, 2.75) is 39.5 Å². The second kappa shape index (κ2) is 3.29. The van der Waals surface area contributed by atoms with Gasteiger partial charge in [-0.25, -0.2) is 9.97 Å². The van der Waals surface area contributed by atoms with Crippen molar-refractivity contribution < 1.29 is 0 Å². The Bertz CT molecular complexity index is 479. The summed E-state index contributed by atoms with van der Waals surface area (Å²) in [4.78, 5) is 9.16. The molecule has 0 aromatic carbocycles. The zero-order valence-corrected chi connectivity index (χ0v) is 9.63. The lowest BCUT2D eigenvalue weighted by Crippen LogP contribution is -2.17. The van der Waals surface area contributed by atoms with Gasteiger partial charge in [-0.3, -0.25) is 5.10 Å². The van der Waals surface area contributed by atoms with Crippen molar-refractivity contribution in [3.8, 4) is 0 Å². The normalized spacial score (nSPS) is 12.3. The van der Waals surface area contributed by atoms with Gasteiger partial charge in [0, 0.05) is 5.41 Å². The standard InChI is InChI=1S/C11H16N4/c1-5-7-9(11(2,3)4)14-10-8(13-7)6-12-15-10/h6H,5H2,1-4H3,(H,12,14,15). The van der Waals surface area contributed by atoms with E-state index in [9.17, 15) is 0 Å². The summed E-state index contributed by atoms with van der Waals surface area (Å²) in [5.74, 6) is 0. The van der Waals surface area contributed by atoms with Crippen LogP contribution in [0.25, 0.3) is 11.2 Å². The van der Waals surface area contributed by atoms with Gasteiger partial charge in [0.15, 0.2) is 5.65 Å². The second-order valence-corrected chi connectivity index (χ2v) is 4.73. The van der Waals surface area contributed by atoms with E-state index in [2.05, 4.69) is 47.9 Å². The fourth-order valence-corrected chi connectivity index (χ4v) is 1.66. The third kappa shape index (κ3) is 1.71. The maximum Gasteiger partial charge on any atom is 0.174 e. The Morgan fingerprint density at radius 1 is 1.27 bits per heavy atom. The van der Waals surface area contributed by atoms with Crippen molar-refractivity contribution in [1.82, 2.24) is 20.2 Å². The van der Waals surface area contributed by atoms with Crippen LogP contribution in [0, 0.1) is 0 Å². The quantitative estimate of drug-likeness (QED) is 0.774. The molecule has 0 aliphatic rings. The number of aromatic nitrogens is 4. The van der Waals surface area contributed by atoms with Crippen LogP contribution in [0.2, 0.25) is 0 Å². The number of nitrogens with zero attached hydrogens (tertiary/aromatic N) is 3. The molecule has 0 aliphatic carbocycles. The maximum atomic E-state index is 4.60. The molecule has 0 spiro atoms. The van der Waals surface area contributed by atoms with Gasteiger partial charge in [0.1, 0.15) is 5.52 Å². The van der Waals surface area contributed by atoms with Gasteiger partial charge in [0.25, 0.3) is 0 Å². The highest BCUT2D eigenvalue weighted by atomic mass is 15.2. The molecular formula is C11H16N4. The topological polar surface area (TPSA) is 54.5 Å². The van der Waals surface area contributed by atoms with Gasteiger partial charge < -0.3 is 0 Å². The van der Waals surface area contributed by atoms with Crippen LogP contribution in [0.15, 0.2) is 6.20 Å². The Hall–Kier alpha value is -1.45. The third-order valence-corrected chi connectivity index (χ3v) is 2.40. The van der Waals surface area contributed by atoms with Crippen LogP contribution in [0.3, 0.4) is 0 Å². The van der Waals surface area contributed by atoms with Crippen molar-refractivity contribution in [2.75, 3.05) is 0 Å². The molecule has 2 heterocycles. The van der Waals surface area contributed by atoms with E-state index < -0.39 is 0 Å². The Kier molecular flexibility index (Phi) is 2.21. The minimum Gasteiger partial charge on any atom is -0.259 e. The summed E-state index contributed by atoms with van der Waals surface area (Å²) in [5.41, 5.74) is 3.77. The lowest BCUT2D eigenvalue weighted by molar-refractivity contribution is 0.559. The van der Waals surface area contributed by atoms with Crippen LogP contribution in [0.5, 0.6) is 0 Å². The summed E-state index contributed by atoms with van der Waals surface area (Å²) in [5, 5.41) is 6.81. The minimum absolute atomic E-state index is 0.0254. The molecule has 15 heavy (non-hydrogen) atoms. The maximum absolute atomic E-state index is 4.60. The van der Waals surface area contributed by atoms with Gasteiger partial charge in [0.2, 0.25) is 0 Å². The fraction of sp³-hybridized carbons (Fsp3) is 0.545. The largest absolute Gasteiger partial charge is 0.259 e. The number of fused-ring (bicyclic) bond motifs is 1. The monoisotopic (exact) mass is 204 g/mol. The van der Waals surface area contributed by atoms with Crippen molar-refractivity contribution in [3.05, 3.63) is 17.6 Å². The van der Waals surface area contributed by atoms with E-state index in [1.165, 1.54) is 0 Å². The second-order valence-electron chi connectivity index (χ2n) is 4.73. The smallest absolute Gasteiger partial charge is 0.174 e. The van der Waals surface area contributed by atoms with Gasteiger partial charge in [-0.2, -0.15) is 5.10 Å². The molecule has 2 aromatic rings. The third-order valence-electron chi connectivity index (χ3n) is 2.40. The first-order valence-electron chi connectivity index (χ1n) is 5.23. The van der Waals surface area contributed by atoms with Gasteiger partial charge in [-0.15, -0.1) is 0 Å². The van der Waals surface area contributed by atoms with E-state index in [1.807, 2.05) is 0 Å². The molecule has 4 nitrogen and oxygen atoms in total. The van der Waals surface area contributed by atoms with E-state index in [-0.39, 0.29) is 5.41 Å². The Balaban J connectivity index is 2.70. The summed E-state index contributed by atoms with van der Waals surface area (Å²) >= 11 is 0. The van der Waals surface area contributed by atoms with E-state index in [4.69, 9.17) is 0 Å². The van der Waals surface area contributed by atoms with E-state index in [0.717, 1.165) is 29.0 Å². The zero-order valence-electron chi connectivity index (χ0n) is 9.63. The molecule has 0 fully saturated rings. The average molecular weight is 204 g/mol. The molecule has 0 atom stereocenters. The molecule has 0 saturated heterocycles. The van der Waals surface area contributed by atoms with Crippen LogP contribution < -0.4 is 0 Å². The predicted octanol–water partition coefficient (Wildman–Crippen LogP) is 2.21. The van der Waals surface area contributed by atoms with Crippen LogP contribution >= 0.6 is 0 Å². The summed E-state index contributed by atoms with van der Waals surface area (Å²) in [6.45, 7) is 8.56. The van der Waals surface area contributed by atoms with E-state index >= 15 is 0 Å². The number of aryl methyl sites for hydroxylation is 1. The average Bonchev–Trinajstić information content (AvgIpc) is 2.60. The first-order valence-corrected chi connectivity index (χ1v) is 5.23. The summed E-state index contributed by atoms with van der Waals surface area (Å²) < 4.78 is 0. The summed E-state index contributed by atoms with van der Waals surface area (Å²) in [7, 11) is 0. The first-order chi connectivity index (χ1) is 7.02. The van der Waals surface area contributed by atoms with Gasteiger partial charge in [-0.1, -0.05) is 27.7 Å². The molecule has 0 radical (unpaired) electrons. The van der Waals surface area contributed by atoms with Crippen LogP contribution in [0.4, 0.5) is 0 Å². The van der Waals surface area contributed by atoms with Crippen molar-refractivity contribution >= 4 is 11.2 Å². The molecule has 0 aliphatic heterocycles. The highest BCUT2D eigenvalue weighted by molar-refractivity contribution is 5.69. The van der Waals surface area contributed by atoms with Crippen LogP contribution in [-0.2, 0) is 11.8 Å². The molecule has 0 amide bonds. The molecule has 0 bridgehead atoms. The number of rotatable bonds is 1. The molecule has 0 saturated carbocycles. The van der Waals surface area contributed by atoms with Gasteiger partial charge in [0.05, 0.1) is 17.6 Å². The molecule has 4 heteroatoms. The van der Waals surface area contributed by atoms with Crippen molar-refractivity contribution in [2.24, 2.45) is 0 Å². The highest BCUT2D eigenvalue weighted by Crippen LogP contribution is 2.24. The summed E-state index contributed by atoms with van der Waals surface area (Å²) in [6.07, 6.45) is 2.62. The van der Waals surface area contributed by atoms with Crippen LogP contribution in [0.1, 0.15) is 39.1 Å². The molecule has 0 unspecified atom stereocenters. The lowest BCUT2D eigenvalue weighted by Gasteiger charge is -2.20. The van der Waals surface area contributed by atoms with Gasteiger partial charge >= 0.3 is 0 Å². The molecule has 1 N–H and O–H groups in total. The predicted molar refractivity (Wildman–Crippen MR) is 59.8 cm³/mol. The number of nitrogens with one attached hydrogen (secondary N) is 1. The SMILES string of the molecule is CCc1nc2cn[nH]c2nc1C(C)(C)C.